The summed E-state index contributed by atoms with van der Waals surface area (Å²) in [6, 6.07) is 8.75. The van der Waals surface area contributed by atoms with E-state index in [9.17, 15) is 24.5 Å². The molecule has 2 aromatic rings. The maximum atomic E-state index is 11.9. The summed E-state index contributed by atoms with van der Waals surface area (Å²) in [5.41, 5.74) is 5.40. The Kier molecular flexibility index (Phi) is 6.47. The largest absolute Gasteiger partial charge is 0.497 e. The fourth-order valence-electron chi connectivity index (χ4n) is 2.06. The molecule has 0 heterocycles. The molecule has 0 spiro atoms. The number of anilines is 2. The van der Waals surface area contributed by atoms with E-state index in [4.69, 9.17) is 15.2 Å². The van der Waals surface area contributed by atoms with Crippen LogP contribution in [0.4, 0.5) is 21.9 Å². The molecule has 0 unspecified atom stereocenters. The highest BCUT2D eigenvalue weighted by Gasteiger charge is 2.17. The van der Waals surface area contributed by atoms with Crippen molar-refractivity contribution < 1.29 is 28.8 Å². The van der Waals surface area contributed by atoms with Crippen LogP contribution < -0.4 is 21.1 Å². The number of esters is 1. The Hall–Kier alpha value is -4.15. The molecule has 146 valence electrons. The van der Waals surface area contributed by atoms with E-state index in [1.54, 1.807) is 24.3 Å². The van der Waals surface area contributed by atoms with Crippen molar-refractivity contribution in [3.05, 3.63) is 58.1 Å². The van der Waals surface area contributed by atoms with Gasteiger partial charge in [0.05, 0.1) is 23.3 Å². The lowest BCUT2D eigenvalue weighted by Gasteiger charge is -2.09. The number of nitrogens with one attached hydrogen (secondary N) is 2. The van der Waals surface area contributed by atoms with Crippen LogP contribution in [0.2, 0.25) is 0 Å². The number of non-ortho nitro benzene ring substituents is 1. The number of carbonyl (C=O) groups is 3. The summed E-state index contributed by atoms with van der Waals surface area (Å²) in [6.45, 7) is -0.745. The maximum absolute atomic E-state index is 11.9. The van der Waals surface area contributed by atoms with Crippen LogP contribution in [-0.2, 0) is 9.53 Å². The van der Waals surface area contributed by atoms with Crippen LogP contribution >= 0.6 is 0 Å². The van der Waals surface area contributed by atoms with E-state index in [-0.39, 0.29) is 16.9 Å². The van der Waals surface area contributed by atoms with Gasteiger partial charge < -0.3 is 20.5 Å². The fourth-order valence-corrected chi connectivity index (χ4v) is 2.06. The van der Waals surface area contributed by atoms with Crippen LogP contribution in [0.25, 0.3) is 0 Å². The summed E-state index contributed by atoms with van der Waals surface area (Å²) >= 11 is 0. The molecule has 0 saturated carbocycles. The lowest BCUT2D eigenvalue weighted by atomic mass is 10.1. The van der Waals surface area contributed by atoms with Gasteiger partial charge in [-0.1, -0.05) is 0 Å². The van der Waals surface area contributed by atoms with Crippen LogP contribution in [0.3, 0.4) is 0 Å². The first-order chi connectivity index (χ1) is 13.3. The Balaban J connectivity index is 1.85. The predicted octanol–water partition coefficient (Wildman–Crippen LogP) is 1.69. The second-order valence-electron chi connectivity index (χ2n) is 5.34. The average molecular weight is 388 g/mol. The number of methoxy groups -OCH3 is 1. The van der Waals surface area contributed by atoms with Gasteiger partial charge in [0.25, 0.3) is 11.6 Å². The molecule has 2 rings (SSSR count). The second kappa shape index (κ2) is 8.98. The molecule has 0 atom stereocenters. The Morgan fingerprint density at radius 3 is 2.39 bits per heavy atom. The normalized spacial score (nSPS) is 9.89. The molecule has 0 aliphatic heterocycles. The van der Waals surface area contributed by atoms with Gasteiger partial charge in [-0.2, -0.15) is 0 Å². The van der Waals surface area contributed by atoms with Gasteiger partial charge >= 0.3 is 12.0 Å². The number of benzene rings is 2. The van der Waals surface area contributed by atoms with Gasteiger partial charge in [-0.05, 0) is 30.3 Å². The topological polar surface area (TPSA) is 163 Å². The van der Waals surface area contributed by atoms with Gasteiger partial charge in [0.15, 0.2) is 6.61 Å². The third-order valence-electron chi connectivity index (χ3n) is 3.40. The zero-order valence-corrected chi connectivity index (χ0v) is 14.6. The van der Waals surface area contributed by atoms with Crippen LogP contribution in [0.15, 0.2) is 42.5 Å². The van der Waals surface area contributed by atoms with Crippen LogP contribution in [0.5, 0.6) is 5.75 Å². The number of nitrogen functional groups attached to an aromatic ring is 1. The average Bonchev–Trinajstić information content (AvgIpc) is 2.66. The molecule has 11 heteroatoms. The molecule has 0 bridgehead atoms. The molecule has 0 aromatic heterocycles. The van der Waals surface area contributed by atoms with Crippen molar-refractivity contribution in [1.82, 2.24) is 5.32 Å². The third-order valence-corrected chi connectivity index (χ3v) is 3.40. The van der Waals surface area contributed by atoms with Gasteiger partial charge in [-0.3, -0.25) is 20.2 Å². The van der Waals surface area contributed by atoms with Crippen molar-refractivity contribution in [1.29, 1.82) is 0 Å². The highest BCUT2D eigenvalue weighted by Crippen LogP contribution is 2.20. The Morgan fingerprint density at radius 2 is 1.82 bits per heavy atom. The summed E-state index contributed by atoms with van der Waals surface area (Å²) in [6.07, 6.45) is 0. The lowest BCUT2D eigenvalue weighted by Crippen LogP contribution is -2.37. The third kappa shape index (κ3) is 5.42. The molecule has 4 N–H and O–H groups in total. The van der Waals surface area contributed by atoms with Crippen molar-refractivity contribution >= 4 is 35.0 Å². The van der Waals surface area contributed by atoms with Gasteiger partial charge in [-0.25, -0.2) is 9.59 Å². The minimum atomic E-state index is -0.960. The first-order valence-corrected chi connectivity index (χ1v) is 7.76. The van der Waals surface area contributed by atoms with E-state index in [1.165, 1.54) is 7.11 Å². The summed E-state index contributed by atoms with van der Waals surface area (Å²) < 4.78 is 9.74. The number of carbonyl (C=O) groups excluding carboxylic acids is 3. The number of nitro benzene ring substituents is 1. The minimum absolute atomic E-state index is 0.138. The number of nitrogens with zero attached hydrogens (tertiary/aromatic N) is 1. The zero-order valence-electron chi connectivity index (χ0n) is 14.6. The molecule has 0 radical (unpaired) electrons. The van der Waals surface area contributed by atoms with Crippen LogP contribution in [0, 0.1) is 10.1 Å². The number of ether oxygens (including phenoxy) is 2. The molecule has 2 aromatic carbocycles. The van der Waals surface area contributed by atoms with Crippen LogP contribution in [0.1, 0.15) is 10.4 Å². The van der Waals surface area contributed by atoms with Gasteiger partial charge in [0.1, 0.15) is 5.75 Å². The van der Waals surface area contributed by atoms with Gasteiger partial charge in [0, 0.05) is 17.8 Å². The number of rotatable bonds is 6. The summed E-state index contributed by atoms with van der Waals surface area (Å²) in [4.78, 5) is 45.4. The number of urea groups is 1. The van der Waals surface area contributed by atoms with E-state index in [0.717, 1.165) is 18.2 Å². The first-order valence-electron chi connectivity index (χ1n) is 7.76. The van der Waals surface area contributed by atoms with E-state index in [0.29, 0.717) is 11.4 Å². The van der Waals surface area contributed by atoms with E-state index in [2.05, 4.69) is 5.32 Å². The van der Waals surface area contributed by atoms with E-state index >= 15 is 0 Å². The fraction of sp³-hybridized carbons (Fsp3) is 0.118. The Morgan fingerprint density at radius 1 is 1.14 bits per heavy atom. The SMILES string of the molecule is COc1ccc(NC(=O)NC(=O)COC(=O)c2ccc([N+](=O)[O-])cc2N)cc1. The Bertz CT molecular complexity index is 912. The number of nitro groups is 1. The van der Waals surface area contributed by atoms with Gasteiger partial charge in [0.2, 0.25) is 0 Å². The number of hydrogen-bond donors (Lipinski definition) is 3. The smallest absolute Gasteiger partial charge is 0.340 e. The first kappa shape index (κ1) is 20.2. The van der Waals surface area contributed by atoms with E-state index in [1.807, 2.05) is 5.32 Å². The number of nitrogens with two attached hydrogens (primary N) is 1. The highest BCUT2D eigenvalue weighted by molar-refractivity contribution is 6.02. The highest BCUT2D eigenvalue weighted by atomic mass is 16.6. The summed E-state index contributed by atoms with van der Waals surface area (Å²) in [5, 5.41) is 15.1. The van der Waals surface area contributed by atoms with E-state index < -0.39 is 29.4 Å². The molecule has 0 fully saturated rings. The minimum Gasteiger partial charge on any atom is -0.497 e. The van der Waals surface area contributed by atoms with Crippen molar-refractivity contribution in [2.24, 2.45) is 0 Å². The molecule has 0 saturated heterocycles. The van der Waals surface area contributed by atoms with Gasteiger partial charge in [-0.15, -0.1) is 0 Å². The molecule has 3 amide bonds. The predicted molar refractivity (Wildman–Crippen MR) is 97.9 cm³/mol. The molecular weight excluding hydrogens is 372 g/mol. The van der Waals surface area contributed by atoms with Crippen molar-refractivity contribution in [2.45, 2.75) is 0 Å². The molecule has 28 heavy (non-hydrogen) atoms. The second-order valence-corrected chi connectivity index (χ2v) is 5.34. The Labute approximate surface area is 158 Å². The molecule has 0 aliphatic rings. The monoisotopic (exact) mass is 388 g/mol. The summed E-state index contributed by atoms with van der Waals surface area (Å²) in [5.74, 6) is -1.24. The number of amides is 3. The quantitative estimate of drug-likeness (QED) is 0.291. The zero-order chi connectivity index (χ0) is 20.7. The van der Waals surface area contributed by atoms with Crippen molar-refractivity contribution in [3.8, 4) is 5.75 Å². The lowest BCUT2D eigenvalue weighted by molar-refractivity contribution is -0.384. The summed E-state index contributed by atoms with van der Waals surface area (Å²) in [7, 11) is 1.50. The standard InChI is InChI=1S/C17H16N4O7/c1-27-12-5-2-10(3-6-12)19-17(24)20-15(22)9-28-16(23)13-7-4-11(21(25)26)8-14(13)18/h2-8H,9,18H2,1H3,(H2,19,20,22,24). The van der Waals surface area contributed by atoms with Crippen LogP contribution in [-0.4, -0.2) is 36.5 Å². The molecule has 11 nitrogen and oxygen atoms in total. The number of hydrogen-bond acceptors (Lipinski definition) is 8. The van der Waals surface area contributed by atoms with Crippen molar-refractivity contribution in [2.75, 3.05) is 24.8 Å². The maximum Gasteiger partial charge on any atom is 0.340 e. The number of imide groups is 1. The molecule has 0 aliphatic carbocycles. The van der Waals surface area contributed by atoms with Crippen molar-refractivity contribution in [3.63, 3.8) is 0 Å². The molecular formula is C17H16N4O7.